The minimum atomic E-state index is -0.353. The van der Waals surface area contributed by atoms with Crippen molar-refractivity contribution in [1.82, 2.24) is 9.88 Å². The van der Waals surface area contributed by atoms with Crippen LogP contribution >= 0.6 is 0 Å². The van der Waals surface area contributed by atoms with Crippen molar-refractivity contribution in [3.63, 3.8) is 0 Å². The van der Waals surface area contributed by atoms with Crippen LogP contribution in [0, 0.1) is 0 Å². The number of rotatable bonds is 8. The van der Waals surface area contributed by atoms with Crippen LogP contribution in [0.15, 0.2) is 48.8 Å². The summed E-state index contributed by atoms with van der Waals surface area (Å²) in [5, 5.41) is 2.66. The number of nitrogens with one attached hydrogen (secondary N) is 1. The number of ether oxygens (including phenoxy) is 1. The van der Waals surface area contributed by atoms with E-state index in [4.69, 9.17) is 4.74 Å². The highest BCUT2D eigenvalue weighted by molar-refractivity contribution is 5.97. The smallest absolute Gasteiger partial charge is 0.307 e. The van der Waals surface area contributed by atoms with Gasteiger partial charge in [-0.3, -0.25) is 19.4 Å². The number of anilines is 1. The highest BCUT2D eigenvalue weighted by Crippen LogP contribution is 2.15. The summed E-state index contributed by atoms with van der Waals surface area (Å²) in [5.74, 6) is -0.807. The Hall–Kier alpha value is -3.22. The van der Waals surface area contributed by atoms with Gasteiger partial charge in [0.1, 0.15) is 0 Å². The van der Waals surface area contributed by atoms with Crippen molar-refractivity contribution in [2.75, 3.05) is 18.5 Å². The third-order valence-electron chi connectivity index (χ3n) is 3.70. The van der Waals surface area contributed by atoms with Crippen LogP contribution in [0.3, 0.4) is 0 Å². The normalized spacial score (nSPS) is 10.1. The number of carbonyl (C=O) groups excluding carboxylic acids is 3. The molecule has 1 N–H and O–H groups in total. The van der Waals surface area contributed by atoms with E-state index in [-0.39, 0.29) is 30.7 Å². The largest absolute Gasteiger partial charge is 0.466 e. The monoisotopic (exact) mass is 369 g/mol. The van der Waals surface area contributed by atoms with Crippen LogP contribution in [0.4, 0.5) is 5.69 Å². The van der Waals surface area contributed by atoms with Crippen LogP contribution in [-0.2, 0) is 20.9 Å². The lowest BCUT2D eigenvalue weighted by Crippen LogP contribution is -2.33. The molecule has 0 aliphatic heterocycles. The van der Waals surface area contributed by atoms with Crippen LogP contribution in [0.25, 0.3) is 0 Å². The van der Waals surface area contributed by atoms with E-state index in [0.717, 1.165) is 5.56 Å². The molecule has 1 aromatic heterocycles. The summed E-state index contributed by atoms with van der Waals surface area (Å²) in [5.41, 5.74) is 1.82. The summed E-state index contributed by atoms with van der Waals surface area (Å²) >= 11 is 0. The van der Waals surface area contributed by atoms with Gasteiger partial charge in [-0.2, -0.15) is 0 Å². The maximum absolute atomic E-state index is 13.0. The first-order valence-corrected chi connectivity index (χ1v) is 8.71. The van der Waals surface area contributed by atoms with Gasteiger partial charge in [0.05, 0.1) is 13.0 Å². The molecule has 2 aromatic rings. The lowest BCUT2D eigenvalue weighted by molar-refractivity contribution is -0.143. The molecule has 0 bridgehead atoms. The number of carbonyl (C=O) groups is 3. The average molecular weight is 369 g/mol. The molecule has 0 radical (unpaired) electrons. The summed E-state index contributed by atoms with van der Waals surface area (Å²) in [6, 6.07) is 10.4. The predicted molar refractivity (Wildman–Crippen MR) is 101 cm³/mol. The summed E-state index contributed by atoms with van der Waals surface area (Å²) in [6.07, 6.45) is 3.44. The zero-order valence-corrected chi connectivity index (χ0v) is 15.5. The molecule has 0 aliphatic carbocycles. The van der Waals surface area contributed by atoms with Gasteiger partial charge in [0.2, 0.25) is 5.91 Å². The fourth-order valence-electron chi connectivity index (χ4n) is 2.54. The SMILES string of the molecule is CCOC(=O)CCN(Cc1cccnc1)C(=O)c1cccc(NC(C)=O)c1. The standard InChI is InChI=1S/C20H23N3O4/c1-3-27-19(25)9-11-23(14-16-6-5-10-21-13-16)20(26)17-7-4-8-18(12-17)22-15(2)24/h4-8,10,12-13H,3,9,11,14H2,1-2H3,(H,22,24). The number of aromatic nitrogens is 1. The molecular formula is C20H23N3O4. The van der Waals surface area contributed by atoms with Gasteiger partial charge >= 0.3 is 5.97 Å². The Kier molecular flexibility index (Phi) is 7.49. The van der Waals surface area contributed by atoms with Gasteiger partial charge in [-0.05, 0) is 36.8 Å². The van der Waals surface area contributed by atoms with E-state index >= 15 is 0 Å². The topological polar surface area (TPSA) is 88.6 Å². The fourth-order valence-corrected chi connectivity index (χ4v) is 2.54. The van der Waals surface area contributed by atoms with E-state index in [1.54, 1.807) is 54.5 Å². The van der Waals surface area contributed by atoms with E-state index in [1.807, 2.05) is 6.07 Å². The first-order chi connectivity index (χ1) is 13.0. The maximum Gasteiger partial charge on any atom is 0.307 e. The molecule has 2 amide bonds. The Morgan fingerprint density at radius 1 is 1.19 bits per heavy atom. The van der Waals surface area contributed by atoms with E-state index in [1.165, 1.54) is 6.92 Å². The molecule has 7 heteroatoms. The number of hydrogen-bond donors (Lipinski definition) is 1. The zero-order chi connectivity index (χ0) is 19.6. The van der Waals surface area contributed by atoms with Crippen molar-refractivity contribution >= 4 is 23.5 Å². The van der Waals surface area contributed by atoms with Gasteiger partial charge in [0.15, 0.2) is 0 Å². The molecule has 0 fully saturated rings. The van der Waals surface area contributed by atoms with Crippen molar-refractivity contribution in [2.24, 2.45) is 0 Å². The van der Waals surface area contributed by atoms with Crippen molar-refractivity contribution < 1.29 is 19.1 Å². The van der Waals surface area contributed by atoms with E-state index in [2.05, 4.69) is 10.3 Å². The summed E-state index contributed by atoms with van der Waals surface area (Å²) < 4.78 is 4.95. The minimum absolute atomic E-state index is 0.102. The molecule has 0 saturated heterocycles. The third kappa shape index (κ3) is 6.54. The summed E-state index contributed by atoms with van der Waals surface area (Å²) in [6.45, 7) is 3.98. The molecule has 1 heterocycles. The Balaban J connectivity index is 2.18. The Labute approximate surface area is 158 Å². The Morgan fingerprint density at radius 2 is 2.00 bits per heavy atom. The Morgan fingerprint density at radius 3 is 2.67 bits per heavy atom. The van der Waals surface area contributed by atoms with Crippen LogP contribution in [-0.4, -0.2) is 40.8 Å². The first kappa shape index (κ1) is 20.1. The second kappa shape index (κ2) is 10.1. The second-order valence-electron chi connectivity index (χ2n) is 5.90. The molecule has 27 heavy (non-hydrogen) atoms. The molecule has 7 nitrogen and oxygen atoms in total. The zero-order valence-electron chi connectivity index (χ0n) is 15.5. The highest BCUT2D eigenvalue weighted by atomic mass is 16.5. The Bertz CT molecular complexity index is 793. The first-order valence-electron chi connectivity index (χ1n) is 8.71. The molecule has 0 spiro atoms. The number of benzene rings is 1. The quantitative estimate of drug-likeness (QED) is 0.723. The van der Waals surface area contributed by atoms with Gasteiger partial charge < -0.3 is 15.0 Å². The number of pyridine rings is 1. The van der Waals surface area contributed by atoms with Gasteiger partial charge in [-0.15, -0.1) is 0 Å². The molecule has 0 saturated carbocycles. The molecule has 0 atom stereocenters. The number of amides is 2. The minimum Gasteiger partial charge on any atom is -0.466 e. The summed E-state index contributed by atoms with van der Waals surface area (Å²) in [7, 11) is 0. The van der Waals surface area contributed by atoms with Crippen LogP contribution in [0.2, 0.25) is 0 Å². The van der Waals surface area contributed by atoms with Crippen molar-refractivity contribution in [3.05, 3.63) is 59.9 Å². The molecule has 1 aromatic carbocycles. The van der Waals surface area contributed by atoms with Gasteiger partial charge in [0.25, 0.3) is 5.91 Å². The number of hydrogen-bond acceptors (Lipinski definition) is 5. The fraction of sp³-hybridized carbons (Fsp3) is 0.300. The molecule has 2 rings (SSSR count). The maximum atomic E-state index is 13.0. The van der Waals surface area contributed by atoms with Crippen LogP contribution in [0.5, 0.6) is 0 Å². The van der Waals surface area contributed by atoms with Gasteiger partial charge in [-0.25, -0.2) is 0 Å². The third-order valence-corrected chi connectivity index (χ3v) is 3.70. The molecule has 0 unspecified atom stereocenters. The van der Waals surface area contributed by atoms with Gasteiger partial charge in [0, 0.05) is 43.7 Å². The molecular weight excluding hydrogens is 346 g/mol. The second-order valence-corrected chi connectivity index (χ2v) is 5.90. The van der Waals surface area contributed by atoms with Crippen molar-refractivity contribution in [3.8, 4) is 0 Å². The van der Waals surface area contributed by atoms with Crippen molar-refractivity contribution in [2.45, 2.75) is 26.8 Å². The van der Waals surface area contributed by atoms with E-state index in [0.29, 0.717) is 24.4 Å². The van der Waals surface area contributed by atoms with Crippen LogP contribution < -0.4 is 5.32 Å². The van der Waals surface area contributed by atoms with Gasteiger partial charge in [-0.1, -0.05) is 12.1 Å². The van der Waals surface area contributed by atoms with Crippen LogP contribution in [0.1, 0.15) is 36.2 Å². The number of esters is 1. The average Bonchev–Trinajstić information content (AvgIpc) is 2.65. The highest BCUT2D eigenvalue weighted by Gasteiger charge is 2.18. The lowest BCUT2D eigenvalue weighted by Gasteiger charge is -2.23. The lowest BCUT2D eigenvalue weighted by atomic mass is 10.1. The molecule has 142 valence electrons. The summed E-state index contributed by atoms with van der Waals surface area (Å²) in [4.78, 5) is 41.6. The molecule has 0 aliphatic rings. The van der Waals surface area contributed by atoms with E-state index < -0.39 is 0 Å². The van der Waals surface area contributed by atoms with Crippen molar-refractivity contribution in [1.29, 1.82) is 0 Å². The number of nitrogens with zero attached hydrogens (tertiary/aromatic N) is 2. The predicted octanol–water partition coefficient (Wildman–Crippen LogP) is 2.64. The van der Waals surface area contributed by atoms with E-state index in [9.17, 15) is 14.4 Å².